The smallest absolute Gasteiger partial charge is 0.361 e. The first-order chi connectivity index (χ1) is 6.94. The number of hydrogen-bond donors (Lipinski definition) is 1. The van der Waals surface area contributed by atoms with Crippen molar-refractivity contribution in [1.29, 1.82) is 0 Å². The highest BCUT2D eigenvalue weighted by atomic mass is 32.3. The van der Waals surface area contributed by atoms with Crippen LogP contribution in [0, 0.1) is 6.92 Å². The zero-order valence-corrected chi connectivity index (χ0v) is 9.12. The van der Waals surface area contributed by atoms with Gasteiger partial charge in [0.1, 0.15) is 5.75 Å². The molecule has 0 aliphatic heterocycles. The van der Waals surface area contributed by atoms with Crippen LogP contribution in [0.3, 0.4) is 0 Å². The van der Waals surface area contributed by atoms with Crippen LogP contribution >= 0.6 is 0 Å². The molecule has 1 aromatic rings. The normalized spacial score (nSPS) is 11.1. The molecule has 82 valence electrons. The molecule has 0 saturated carbocycles. The standard InChI is InChI=1S/C10H12O4S/c1-3-5-9-8(2)6-4-7-10(9)14-15(11,12)13/h3-4,6-7H,1,5H2,2H3,(H,11,12,13). The van der Waals surface area contributed by atoms with Crippen molar-refractivity contribution in [2.45, 2.75) is 13.3 Å². The summed E-state index contributed by atoms with van der Waals surface area (Å²) in [6.45, 7) is 5.40. The maximum absolute atomic E-state index is 10.6. The molecule has 0 aliphatic carbocycles. The van der Waals surface area contributed by atoms with Crippen LogP contribution in [0.15, 0.2) is 30.9 Å². The van der Waals surface area contributed by atoms with Gasteiger partial charge in [-0.05, 0) is 25.0 Å². The minimum atomic E-state index is -4.47. The van der Waals surface area contributed by atoms with E-state index in [9.17, 15) is 8.42 Å². The minimum Gasteiger partial charge on any atom is -0.361 e. The predicted molar refractivity (Wildman–Crippen MR) is 57.3 cm³/mol. The van der Waals surface area contributed by atoms with Crippen LogP contribution in [-0.2, 0) is 16.8 Å². The maximum Gasteiger partial charge on any atom is 0.446 e. The molecular formula is C10H12O4S. The summed E-state index contributed by atoms with van der Waals surface area (Å²) in [5.74, 6) is 0.136. The lowest BCUT2D eigenvalue weighted by Gasteiger charge is -2.09. The van der Waals surface area contributed by atoms with Gasteiger partial charge in [0.25, 0.3) is 0 Å². The van der Waals surface area contributed by atoms with E-state index in [-0.39, 0.29) is 5.75 Å². The average molecular weight is 228 g/mol. The molecule has 0 heterocycles. The Hall–Kier alpha value is -1.33. The van der Waals surface area contributed by atoms with E-state index in [1.165, 1.54) is 6.07 Å². The third-order valence-corrected chi connectivity index (χ3v) is 2.30. The lowest BCUT2D eigenvalue weighted by molar-refractivity contribution is 0.385. The summed E-state index contributed by atoms with van der Waals surface area (Å²) in [4.78, 5) is 0. The van der Waals surface area contributed by atoms with Crippen molar-refractivity contribution in [3.63, 3.8) is 0 Å². The van der Waals surface area contributed by atoms with Gasteiger partial charge < -0.3 is 4.18 Å². The van der Waals surface area contributed by atoms with Crippen molar-refractivity contribution in [3.8, 4) is 5.75 Å². The van der Waals surface area contributed by atoms with Crippen molar-refractivity contribution in [3.05, 3.63) is 42.0 Å². The Labute approximate surface area is 89.2 Å². The van der Waals surface area contributed by atoms with Crippen LogP contribution in [0.5, 0.6) is 5.75 Å². The van der Waals surface area contributed by atoms with E-state index in [0.29, 0.717) is 12.0 Å². The fourth-order valence-electron chi connectivity index (χ4n) is 1.27. The van der Waals surface area contributed by atoms with Crippen molar-refractivity contribution in [2.75, 3.05) is 0 Å². The van der Waals surface area contributed by atoms with Crippen molar-refractivity contribution >= 4 is 10.4 Å². The van der Waals surface area contributed by atoms with Gasteiger partial charge in [0.05, 0.1) is 0 Å². The second-order valence-corrected chi connectivity index (χ2v) is 4.08. The van der Waals surface area contributed by atoms with Crippen molar-refractivity contribution in [1.82, 2.24) is 0 Å². The summed E-state index contributed by atoms with van der Waals surface area (Å²) in [6, 6.07) is 4.97. The molecule has 15 heavy (non-hydrogen) atoms. The first kappa shape index (κ1) is 11.7. The average Bonchev–Trinajstić information content (AvgIpc) is 2.08. The second kappa shape index (κ2) is 4.46. The lowest BCUT2D eigenvalue weighted by Crippen LogP contribution is -2.08. The molecule has 0 radical (unpaired) electrons. The molecule has 0 aromatic heterocycles. The van der Waals surface area contributed by atoms with Crippen LogP contribution in [0.1, 0.15) is 11.1 Å². The Balaban J connectivity index is 3.16. The number of allylic oxidation sites excluding steroid dienone is 1. The third-order valence-electron chi connectivity index (χ3n) is 1.91. The molecule has 1 aromatic carbocycles. The van der Waals surface area contributed by atoms with E-state index >= 15 is 0 Å². The monoisotopic (exact) mass is 228 g/mol. The van der Waals surface area contributed by atoms with Gasteiger partial charge in [-0.3, -0.25) is 4.55 Å². The summed E-state index contributed by atoms with van der Waals surface area (Å²) in [5.41, 5.74) is 1.58. The summed E-state index contributed by atoms with van der Waals surface area (Å²) in [6.07, 6.45) is 2.12. The molecule has 0 saturated heterocycles. The van der Waals surface area contributed by atoms with Gasteiger partial charge in [-0.25, -0.2) is 0 Å². The lowest BCUT2D eigenvalue weighted by atomic mass is 10.1. The van der Waals surface area contributed by atoms with Crippen LogP contribution in [0.25, 0.3) is 0 Å². The van der Waals surface area contributed by atoms with Gasteiger partial charge in [-0.15, -0.1) is 6.58 Å². The van der Waals surface area contributed by atoms with Gasteiger partial charge in [-0.1, -0.05) is 18.2 Å². The summed E-state index contributed by atoms with van der Waals surface area (Å²) in [5, 5.41) is 0. The minimum absolute atomic E-state index is 0.136. The van der Waals surface area contributed by atoms with E-state index in [2.05, 4.69) is 10.8 Å². The molecule has 0 unspecified atom stereocenters. The predicted octanol–water partition coefficient (Wildman–Crippen LogP) is 1.91. The second-order valence-electron chi connectivity index (χ2n) is 3.06. The highest BCUT2D eigenvalue weighted by molar-refractivity contribution is 7.81. The first-order valence-electron chi connectivity index (χ1n) is 4.30. The summed E-state index contributed by atoms with van der Waals surface area (Å²) in [7, 11) is -4.47. The number of hydrogen-bond acceptors (Lipinski definition) is 3. The Morgan fingerprint density at radius 1 is 1.53 bits per heavy atom. The Bertz CT molecular complexity index is 462. The Morgan fingerprint density at radius 3 is 2.73 bits per heavy atom. The number of benzene rings is 1. The Morgan fingerprint density at radius 2 is 2.20 bits per heavy atom. The quantitative estimate of drug-likeness (QED) is 0.631. The van der Waals surface area contributed by atoms with E-state index in [4.69, 9.17) is 4.55 Å². The molecule has 0 fully saturated rings. The van der Waals surface area contributed by atoms with Crippen LogP contribution < -0.4 is 4.18 Å². The van der Waals surface area contributed by atoms with Crippen molar-refractivity contribution < 1.29 is 17.2 Å². The van der Waals surface area contributed by atoms with Crippen LogP contribution in [0.4, 0.5) is 0 Å². The van der Waals surface area contributed by atoms with Crippen molar-refractivity contribution in [2.24, 2.45) is 0 Å². The zero-order chi connectivity index (χ0) is 11.5. The van der Waals surface area contributed by atoms with E-state index < -0.39 is 10.4 Å². The number of rotatable bonds is 4. The SMILES string of the molecule is C=CCc1c(C)cccc1OS(=O)(=O)O. The topological polar surface area (TPSA) is 63.6 Å². The van der Waals surface area contributed by atoms with E-state index in [1.807, 2.05) is 13.0 Å². The summed E-state index contributed by atoms with van der Waals surface area (Å²) < 4.78 is 34.2. The van der Waals surface area contributed by atoms with Crippen LogP contribution in [0.2, 0.25) is 0 Å². The first-order valence-corrected chi connectivity index (χ1v) is 5.67. The number of aryl methyl sites for hydroxylation is 1. The molecule has 1 rings (SSSR count). The largest absolute Gasteiger partial charge is 0.446 e. The van der Waals surface area contributed by atoms with Crippen LogP contribution in [-0.4, -0.2) is 13.0 Å². The molecule has 0 amide bonds. The van der Waals surface area contributed by atoms with E-state index in [0.717, 1.165) is 5.56 Å². The molecule has 0 bridgehead atoms. The van der Waals surface area contributed by atoms with E-state index in [1.54, 1.807) is 12.1 Å². The molecule has 1 N–H and O–H groups in total. The Kier molecular flexibility index (Phi) is 3.49. The molecule has 4 nitrogen and oxygen atoms in total. The fourth-order valence-corrected chi connectivity index (χ4v) is 1.66. The van der Waals surface area contributed by atoms with Gasteiger partial charge in [0, 0.05) is 5.56 Å². The zero-order valence-electron chi connectivity index (χ0n) is 8.30. The molecule has 0 spiro atoms. The van der Waals surface area contributed by atoms with Gasteiger partial charge >= 0.3 is 10.4 Å². The highest BCUT2D eigenvalue weighted by Crippen LogP contribution is 2.23. The van der Waals surface area contributed by atoms with Gasteiger partial charge in [0.15, 0.2) is 0 Å². The fraction of sp³-hybridized carbons (Fsp3) is 0.200. The van der Waals surface area contributed by atoms with Gasteiger partial charge in [-0.2, -0.15) is 8.42 Å². The summed E-state index contributed by atoms with van der Waals surface area (Å²) >= 11 is 0. The molecule has 0 atom stereocenters. The molecular weight excluding hydrogens is 216 g/mol. The third kappa shape index (κ3) is 3.38. The maximum atomic E-state index is 10.6. The highest BCUT2D eigenvalue weighted by Gasteiger charge is 2.11. The van der Waals surface area contributed by atoms with Gasteiger partial charge in [0.2, 0.25) is 0 Å². The molecule has 5 heteroatoms. The molecule has 0 aliphatic rings.